The van der Waals surface area contributed by atoms with Crippen molar-refractivity contribution in [2.45, 2.75) is 39.5 Å². The fraction of sp³-hybridized carbons (Fsp3) is 0.833. The molecule has 3 atom stereocenters. The first kappa shape index (κ1) is 9.88. The smallest absolute Gasteiger partial charge is 0.146 e. The van der Waals surface area contributed by atoms with E-state index in [1.165, 1.54) is 0 Å². The number of rotatable bonds is 4. The molecule has 0 saturated heterocycles. The van der Waals surface area contributed by atoms with E-state index >= 15 is 0 Å². The van der Waals surface area contributed by atoms with Gasteiger partial charge in [-0.1, -0.05) is 13.3 Å². The molecule has 0 amide bonds. The van der Waals surface area contributed by atoms with Crippen molar-refractivity contribution in [2.24, 2.45) is 23.7 Å². The van der Waals surface area contributed by atoms with Crippen LogP contribution in [0.25, 0.3) is 0 Å². The van der Waals surface area contributed by atoms with Gasteiger partial charge in [-0.2, -0.15) is 0 Å². The normalized spacial score (nSPS) is 33.3. The summed E-state index contributed by atoms with van der Waals surface area (Å²) in [5, 5.41) is 0. The van der Waals surface area contributed by atoms with Crippen molar-refractivity contribution < 1.29 is 9.59 Å². The Morgan fingerprint density at radius 2 is 1.79 bits per heavy atom. The third-order valence-electron chi connectivity index (χ3n) is 3.84. The van der Waals surface area contributed by atoms with E-state index in [0.29, 0.717) is 5.92 Å². The van der Waals surface area contributed by atoms with Crippen molar-refractivity contribution in [1.82, 2.24) is 0 Å². The predicted octanol–water partition coefficient (Wildman–Crippen LogP) is 2.22. The van der Waals surface area contributed by atoms with Gasteiger partial charge in [0.05, 0.1) is 5.92 Å². The van der Waals surface area contributed by atoms with E-state index in [1.807, 2.05) is 0 Å². The molecular weight excluding hydrogens is 176 g/mol. The van der Waals surface area contributed by atoms with E-state index in [9.17, 15) is 9.59 Å². The Balaban J connectivity index is 1.90. The van der Waals surface area contributed by atoms with Crippen molar-refractivity contribution >= 4 is 11.6 Å². The van der Waals surface area contributed by atoms with Gasteiger partial charge in [-0.05, 0) is 32.1 Å². The number of Topliss-reactive ketones (excluding diaryl/α,β-unsaturated/α-hetero) is 2. The molecule has 2 fully saturated rings. The molecule has 0 aliphatic heterocycles. The lowest BCUT2D eigenvalue weighted by molar-refractivity contribution is -0.136. The van der Waals surface area contributed by atoms with Gasteiger partial charge < -0.3 is 0 Å². The van der Waals surface area contributed by atoms with Crippen molar-refractivity contribution in [3.8, 4) is 0 Å². The van der Waals surface area contributed by atoms with Gasteiger partial charge in [0, 0.05) is 11.8 Å². The topological polar surface area (TPSA) is 34.1 Å². The van der Waals surface area contributed by atoms with Crippen LogP contribution in [0.3, 0.4) is 0 Å². The fourth-order valence-corrected chi connectivity index (χ4v) is 2.23. The second kappa shape index (κ2) is 3.48. The summed E-state index contributed by atoms with van der Waals surface area (Å²) >= 11 is 0. The van der Waals surface area contributed by atoms with Crippen LogP contribution in [0.15, 0.2) is 0 Å². The molecule has 0 heterocycles. The maximum Gasteiger partial charge on any atom is 0.146 e. The van der Waals surface area contributed by atoms with Gasteiger partial charge >= 0.3 is 0 Å². The maximum atomic E-state index is 11.8. The Bertz CT molecular complexity index is 249. The summed E-state index contributed by atoms with van der Waals surface area (Å²) in [6.45, 7) is 3.89. The number of carbonyl (C=O) groups excluding carboxylic acids is 2. The Labute approximate surface area is 85.1 Å². The number of hydrogen-bond acceptors (Lipinski definition) is 2. The van der Waals surface area contributed by atoms with E-state index in [4.69, 9.17) is 0 Å². The van der Waals surface area contributed by atoms with Crippen LogP contribution in [0, 0.1) is 23.7 Å². The Kier molecular flexibility index (Phi) is 2.46. The summed E-state index contributed by atoms with van der Waals surface area (Å²) < 4.78 is 0. The quantitative estimate of drug-likeness (QED) is 0.643. The standard InChI is InChI=1S/C12H18O2/c1-7-6-10(7)12(14)8(2)11(13)9-4-3-5-9/h7-10H,3-6H2,1-2H3. The Morgan fingerprint density at radius 1 is 1.21 bits per heavy atom. The molecule has 2 saturated carbocycles. The molecule has 0 spiro atoms. The lowest BCUT2D eigenvalue weighted by Crippen LogP contribution is -2.32. The van der Waals surface area contributed by atoms with Crippen LogP contribution < -0.4 is 0 Å². The first-order valence-electron chi connectivity index (χ1n) is 5.68. The van der Waals surface area contributed by atoms with Gasteiger partial charge in [-0.3, -0.25) is 9.59 Å². The summed E-state index contributed by atoms with van der Waals surface area (Å²) in [6, 6.07) is 0. The summed E-state index contributed by atoms with van der Waals surface area (Å²) in [6.07, 6.45) is 4.19. The van der Waals surface area contributed by atoms with E-state index in [0.717, 1.165) is 25.7 Å². The molecular formula is C12H18O2. The lowest BCUT2D eigenvalue weighted by atomic mass is 9.77. The average Bonchev–Trinajstić information content (AvgIpc) is 2.77. The minimum Gasteiger partial charge on any atom is -0.299 e. The van der Waals surface area contributed by atoms with Crippen LogP contribution >= 0.6 is 0 Å². The highest BCUT2D eigenvalue weighted by Gasteiger charge is 2.43. The van der Waals surface area contributed by atoms with Crippen LogP contribution in [0.5, 0.6) is 0 Å². The third kappa shape index (κ3) is 1.62. The number of hydrogen-bond donors (Lipinski definition) is 0. The zero-order chi connectivity index (χ0) is 10.3. The Morgan fingerprint density at radius 3 is 2.14 bits per heavy atom. The molecule has 2 nitrogen and oxygen atoms in total. The van der Waals surface area contributed by atoms with Crippen LogP contribution in [0.2, 0.25) is 0 Å². The molecule has 2 aliphatic rings. The minimum absolute atomic E-state index is 0.203. The summed E-state index contributed by atoms with van der Waals surface area (Å²) in [4.78, 5) is 23.6. The highest BCUT2D eigenvalue weighted by Crippen LogP contribution is 2.41. The molecule has 2 heteroatoms. The molecule has 0 aromatic heterocycles. The second-order valence-corrected chi connectivity index (χ2v) is 4.97. The van der Waals surface area contributed by atoms with Crippen LogP contribution in [-0.4, -0.2) is 11.6 Å². The molecule has 0 bridgehead atoms. The van der Waals surface area contributed by atoms with E-state index in [2.05, 4.69) is 6.92 Å². The zero-order valence-corrected chi connectivity index (χ0v) is 8.95. The molecule has 14 heavy (non-hydrogen) atoms. The van der Waals surface area contributed by atoms with Crippen LogP contribution in [0.1, 0.15) is 39.5 Å². The summed E-state index contributed by atoms with van der Waals surface area (Å²) in [5.41, 5.74) is 0. The van der Waals surface area contributed by atoms with Crippen molar-refractivity contribution in [3.05, 3.63) is 0 Å². The Hall–Kier alpha value is -0.660. The number of carbonyl (C=O) groups is 2. The largest absolute Gasteiger partial charge is 0.299 e. The van der Waals surface area contributed by atoms with Crippen molar-refractivity contribution in [1.29, 1.82) is 0 Å². The van der Waals surface area contributed by atoms with Gasteiger partial charge in [0.25, 0.3) is 0 Å². The van der Waals surface area contributed by atoms with Gasteiger partial charge in [-0.25, -0.2) is 0 Å². The molecule has 3 unspecified atom stereocenters. The van der Waals surface area contributed by atoms with Crippen LogP contribution in [-0.2, 0) is 9.59 Å². The van der Waals surface area contributed by atoms with Crippen molar-refractivity contribution in [3.63, 3.8) is 0 Å². The first-order valence-corrected chi connectivity index (χ1v) is 5.68. The van der Waals surface area contributed by atoms with Gasteiger partial charge in [0.1, 0.15) is 11.6 Å². The maximum absolute atomic E-state index is 11.8. The molecule has 0 aromatic carbocycles. The molecule has 2 aliphatic carbocycles. The molecule has 0 radical (unpaired) electrons. The SMILES string of the molecule is CC(C(=O)C1CCC1)C(=O)C1CC1C. The third-order valence-corrected chi connectivity index (χ3v) is 3.84. The minimum atomic E-state index is -0.324. The molecule has 0 N–H and O–H groups in total. The second-order valence-electron chi connectivity index (χ2n) is 4.97. The average molecular weight is 194 g/mol. The summed E-state index contributed by atoms with van der Waals surface area (Å²) in [7, 11) is 0. The number of ketones is 2. The van der Waals surface area contributed by atoms with Crippen LogP contribution in [0.4, 0.5) is 0 Å². The molecule has 0 aromatic rings. The highest BCUT2D eigenvalue weighted by atomic mass is 16.2. The molecule has 78 valence electrons. The van der Waals surface area contributed by atoms with E-state index in [-0.39, 0.29) is 29.3 Å². The van der Waals surface area contributed by atoms with E-state index in [1.54, 1.807) is 6.92 Å². The fourth-order valence-electron chi connectivity index (χ4n) is 2.23. The van der Waals surface area contributed by atoms with Gasteiger partial charge in [-0.15, -0.1) is 0 Å². The van der Waals surface area contributed by atoms with E-state index < -0.39 is 0 Å². The summed E-state index contributed by atoms with van der Waals surface area (Å²) in [5.74, 6) is 1.03. The van der Waals surface area contributed by atoms with Gasteiger partial charge in [0.2, 0.25) is 0 Å². The first-order chi connectivity index (χ1) is 6.61. The molecule has 2 rings (SSSR count). The van der Waals surface area contributed by atoms with Gasteiger partial charge in [0.15, 0.2) is 0 Å². The predicted molar refractivity (Wildman–Crippen MR) is 53.8 cm³/mol. The van der Waals surface area contributed by atoms with Crippen molar-refractivity contribution in [2.75, 3.05) is 0 Å². The monoisotopic (exact) mass is 194 g/mol. The lowest BCUT2D eigenvalue weighted by Gasteiger charge is -2.26. The zero-order valence-electron chi connectivity index (χ0n) is 8.95. The highest BCUT2D eigenvalue weighted by molar-refractivity contribution is 6.05.